The second-order valence-electron chi connectivity index (χ2n) is 8.56. The van der Waals surface area contributed by atoms with Gasteiger partial charge in [0.1, 0.15) is 6.04 Å². The molecule has 0 aromatic carbocycles. The molecule has 1 saturated heterocycles. The summed E-state index contributed by atoms with van der Waals surface area (Å²) in [6.07, 6.45) is 5.83. The third-order valence-electron chi connectivity index (χ3n) is 6.44. The molecule has 1 aromatic rings. The highest BCUT2D eigenvalue weighted by Crippen LogP contribution is 2.34. The van der Waals surface area contributed by atoms with Gasteiger partial charge < -0.3 is 10.2 Å². The van der Waals surface area contributed by atoms with Crippen molar-refractivity contribution in [2.45, 2.75) is 71.0 Å². The molecule has 3 aliphatic rings. The van der Waals surface area contributed by atoms with Crippen LogP contribution in [0.1, 0.15) is 72.7 Å². The van der Waals surface area contributed by atoms with Gasteiger partial charge in [0.05, 0.1) is 12.1 Å². The van der Waals surface area contributed by atoms with Gasteiger partial charge in [-0.1, -0.05) is 19.8 Å². The summed E-state index contributed by atoms with van der Waals surface area (Å²) in [5.41, 5.74) is 1.52. The molecule has 2 aliphatic heterocycles. The number of carbonyl (C=O) groups excluding carboxylic acids is 4. The zero-order chi connectivity index (χ0) is 20.5. The Labute approximate surface area is 174 Å². The van der Waals surface area contributed by atoms with E-state index in [1.165, 1.54) is 24.2 Å². The van der Waals surface area contributed by atoms with Crippen LogP contribution in [0.2, 0.25) is 0 Å². The third-order valence-corrected chi connectivity index (χ3v) is 7.47. The molecule has 2 N–H and O–H groups in total. The zero-order valence-corrected chi connectivity index (χ0v) is 17.5. The van der Waals surface area contributed by atoms with Crippen molar-refractivity contribution in [3.05, 3.63) is 21.4 Å². The van der Waals surface area contributed by atoms with Crippen LogP contribution in [-0.2, 0) is 27.5 Å². The fourth-order valence-corrected chi connectivity index (χ4v) is 5.57. The zero-order valence-electron chi connectivity index (χ0n) is 16.7. The Balaban J connectivity index is 1.34. The van der Waals surface area contributed by atoms with E-state index in [9.17, 15) is 19.2 Å². The standard InChI is InChI=1S/C21H27N3O4S/c1-12-2-4-13(5-3-12)8-19(26)22-9-17-14-10-24(21(28)15(14)11-29-17)16-6-7-18(25)23-20(16)27/h11-13,16H,2-10H2,1H3,(H,22,26)(H,23,25,27). The fourth-order valence-electron chi connectivity index (χ4n) is 4.60. The average Bonchev–Trinajstić information content (AvgIpc) is 3.22. The number of rotatable bonds is 5. The van der Waals surface area contributed by atoms with E-state index in [1.54, 1.807) is 4.90 Å². The topological polar surface area (TPSA) is 95.6 Å². The molecular weight excluding hydrogens is 390 g/mol. The molecule has 1 aliphatic carbocycles. The van der Waals surface area contributed by atoms with Crippen molar-refractivity contribution in [2.75, 3.05) is 0 Å². The minimum Gasteiger partial charge on any atom is -0.351 e. The summed E-state index contributed by atoms with van der Waals surface area (Å²) in [4.78, 5) is 51.1. The van der Waals surface area contributed by atoms with Gasteiger partial charge in [0.15, 0.2) is 0 Å². The van der Waals surface area contributed by atoms with Gasteiger partial charge in [0.2, 0.25) is 17.7 Å². The number of piperidine rings is 1. The molecule has 7 nitrogen and oxygen atoms in total. The van der Waals surface area contributed by atoms with Crippen LogP contribution in [0.4, 0.5) is 0 Å². The summed E-state index contributed by atoms with van der Waals surface area (Å²) in [6.45, 7) is 3.04. The van der Waals surface area contributed by atoms with Crippen LogP contribution in [0.15, 0.2) is 5.38 Å². The summed E-state index contributed by atoms with van der Waals surface area (Å²) in [7, 11) is 0. The molecule has 4 amide bonds. The number of hydrogen-bond donors (Lipinski definition) is 2. The van der Waals surface area contributed by atoms with Gasteiger partial charge in [-0.05, 0) is 36.7 Å². The SMILES string of the molecule is CC1CCC(CC(=O)NCc2scc3c2CN(C2CCC(=O)NC2=O)C3=O)CC1. The minimum absolute atomic E-state index is 0.0676. The number of fused-ring (bicyclic) bond motifs is 1. The number of imide groups is 1. The lowest BCUT2D eigenvalue weighted by Crippen LogP contribution is -2.52. The van der Waals surface area contributed by atoms with Crippen molar-refractivity contribution in [1.29, 1.82) is 0 Å². The minimum atomic E-state index is -0.603. The first kappa shape index (κ1) is 20.1. The second kappa shape index (κ2) is 8.26. The van der Waals surface area contributed by atoms with E-state index < -0.39 is 11.9 Å². The molecular formula is C21H27N3O4S. The van der Waals surface area contributed by atoms with Gasteiger partial charge in [-0.3, -0.25) is 24.5 Å². The summed E-state index contributed by atoms with van der Waals surface area (Å²) >= 11 is 1.48. The van der Waals surface area contributed by atoms with Crippen LogP contribution in [0, 0.1) is 11.8 Å². The maximum atomic E-state index is 12.7. The third kappa shape index (κ3) is 4.22. The lowest BCUT2D eigenvalue weighted by atomic mass is 9.81. The normalized spacial score (nSPS) is 27.0. The summed E-state index contributed by atoms with van der Waals surface area (Å²) in [6, 6.07) is -0.603. The Morgan fingerprint density at radius 1 is 1.21 bits per heavy atom. The van der Waals surface area contributed by atoms with Crippen molar-refractivity contribution in [2.24, 2.45) is 11.8 Å². The summed E-state index contributed by atoms with van der Waals surface area (Å²) < 4.78 is 0. The highest BCUT2D eigenvalue weighted by molar-refractivity contribution is 7.10. The van der Waals surface area contributed by atoms with Crippen LogP contribution in [0.3, 0.4) is 0 Å². The molecule has 156 valence electrons. The summed E-state index contributed by atoms with van der Waals surface area (Å²) in [5, 5.41) is 7.14. The Hall–Kier alpha value is -2.22. The van der Waals surface area contributed by atoms with Gasteiger partial charge in [-0.15, -0.1) is 11.3 Å². The number of thiophene rings is 1. The molecule has 0 spiro atoms. The van der Waals surface area contributed by atoms with Crippen molar-refractivity contribution < 1.29 is 19.2 Å². The van der Waals surface area contributed by atoms with E-state index in [-0.39, 0.29) is 24.1 Å². The van der Waals surface area contributed by atoms with E-state index in [1.807, 2.05) is 5.38 Å². The maximum absolute atomic E-state index is 12.7. The van der Waals surface area contributed by atoms with E-state index >= 15 is 0 Å². The second-order valence-corrected chi connectivity index (χ2v) is 9.52. The Morgan fingerprint density at radius 3 is 2.69 bits per heavy atom. The smallest absolute Gasteiger partial charge is 0.256 e. The Morgan fingerprint density at radius 2 is 1.97 bits per heavy atom. The van der Waals surface area contributed by atoms with E-state index in [2.05, 4.69) is 17.6 Å². The van der Waals surface area contributed by atoms with Crippen molar-refractivity contribution in [3.8, 4) is 0 Å². The van der Waals surface area contributed by atoms with Crippen LogP contribution >= 0.6 is 11.3 Å². The van der Waals surface area contributed by atoms with E-state index in [0.29, 0.717) is 37.4 Å². The Bertz CT molecular complexity index is 841. The van der Waals surface area contributed by atoms with Gasteiger partial charge >= 0.3 is 0 Å². The quantitative estimate of drug-likeness (QED) is 0.719. The monoisotopic (exact) mass is 417 g/mol. The highest BCUT2D eigenvalue weighted by atomic mass is 32.1. The first-order chi connectivity index (χ1) is 13.9. The van der Waals surface area contributed by atoms with Gasteiger partial charge in [-0.2, -0.15) is 0 Å². The van der Waals surface area contributed by atoms with Crippen LogP contribution in [0.5, 0.6) is 0 Å². The molecule has 4 rings (SSSR count). The lowest BCUT2D eigenvalue weighted by Gasteiger charge is -2.29. The fraction of sp³-hybridized carbons (Fsp3) is 0.619. The average molecular weight is 418 g/mol. The molecule has 1 unspecified atom stereocenters. The molecule has 8 heteroatoms. The lowest BCUT2D eigenvalue weighted by molar-refractivity contribution is -0.137. The molecule has 1 atom stereocenters. The first-order valence-electron chi connectivity index (χ1n) is 10.4. The van der Waals surface area contributed by atoms with Crippen LogP contribution < -0.4 is 10.6 Å². The molecule has 2 fully saturated rings. The predicted octanol–water partition coefficient (Wildman–Crippen LogP) is 2.34. The van der Waals surface area contributed by atoms with Gasteiger partial charge in [0, 0.05) is 29.6 Å². The molecule has 0 radical (unpaired) electrons. The van der Waals surface area contributed by atoms with E-state index in [4.69, 9.17) is 0 Å². The van der Waals surface area contributed by atoms with Crippen molar-refractivity contribution in [1.82, 2.24) is 15.5 Å². The number of carbonyl (C=O) groups is 4. The Kier molecular flexibility index (Phi) is 5.72. The number of nitrogens with zero attached hydrogens (tertiary/aromatic N) is 1. The number of nitrogens with one attached hydrogen (secondary N) is 2. The number of amides is 4. The van der Waals surface area contributed by atoms with Crippen molar-refractivity contribution in [3.63, 3.8) is 0 Å². The molecule has 3 heterocycles. The van der Waals surface area contributed by atoms with Crippen molar-refractivity contribution >= 4 is 35.0 Å². The highest BCUT2D eigenvalue weighted by Gasteiger charge is 2.40. The predicted molar refractivity (Wildman–Crippen MR) is 108 cm³/mol. The maximum Gasteiger partial charge on any atom is 0.256 e. The molecule has 0 bridgehead atoms. The molecule has 29 heavy (non-hydrogen) atoms. The van der Waals surface area contributed by atoms with E-state index in [0.717, 1.165) is 29.2 Å². The van der Waals surface area contributed by atoms with Gasteiger partial charge in [-0.25, -0.2) is 0 Å². The largest absolute Gasteiger partial charge is 0.351 e. The molecule has 1 aromatic heterocycles. The number of hydrogen-bond acceptors (Lipinski definition) is 5. The van der Waals surface area contributed by atoms with Gasteiger partial charge in [0.25, 0.3) is 5.91 Å². The first-order valence-corrected chi connectivity index (χ1v) is 11.3. The summed E-state index contributed by atoms with van der Waals surface area (Å²) in [5.74, 6) is 0.457. The van der Waals surface area contributed by atoms with Crippen LogP contribution in [0.25, 0.3) is 0 Å². The molecule has 1 saturated carbocycles. The van der Waals surface area contributed by atoms with Crippen LogP contribution in [-0.4, -0.2) is 34.6 Å².